The number of carbonyl (C=O) groups excluding carboxylic acids is 1. The molecule has 4 rings (SSSR count). The third-order valence-electron chi connectivity index (χ3n) is 5.01. The van der Waals surface area contributed by atoms with Gasteiger partial charge in [0.05, 0.1) is 11.5 Å². The quantitative estimate of drug-likeness (QED) is 0.900. The summed E-state index contributed by atoms with van der Waals surface area (Å²) in [6.07, 6.45) is 8.14. The molecule has 126 valence electrons. The fourth-order valence-electron chi connectivity index (χ4n) is 3.45. The molecule has 0 aromatic carbocycles. The number of aromatic nitrogens is 2. The summed E-state index contributed by atoms with van der Waals surface area (Å²) < 4.78 is 1.96. The largest absolute Gasteiger partial charge is 0.393 e. The van der Waals surface area contributed by atoms with Gasteiger partial charge in [0.25, 0.3) is 5.91 Å². The lowest BCUT2D eigenvalue weighted by molar-refractivity contribution is 0.0946. The number of amides is 1. The predicted octanol–water partition coefficient (Wildman–Crippen LogP) is 1.76. The van der Waals surface area contributed by atoms with Gasteiger partial charge in [-0.3, -0.25) is 9.59 Å². The number of nitrogens with zero attached hydrogens (tertiary/aromatic N) is 2. The zero-order valence-corrected chi connectivity index (χ0v) is 13.4. The van der Waals surface area contributed by atoms with Crippen LogP contribution in [0.1, 0.15) is 54.9 Å². The summed E-state index contributed by atoms with van der Waals surface area (Å²) in [5.74, 6) is -0.294. The maximum atomic E-state index is 12.7. The summed E-state index contributed by atoms with van der Waals surface area (Å²) >= 11 is 0. The van der Waals surface area contributed by atoms with Crippen molar-refractivity contribution in [2.75, 3.05) is 0 Å². The van der Waals surface area contributed by atoms with Crippen molar-refractivity contribution in [2.45, 2.75) is 56.7 Å². The van der Waals surface area contributed by atoms with E-state index in [1.54, 1.807) is 24.5 Å². The summed E-state index contributed by atoms with van der Waals surface area (Å²) in [7, 11) is 0. The molecule has 2 fully saturated rings. The van der Waals surface area contributed by atoms with Crippen LogP contribution in [0.2, 0.25) is 0 Å². The standard InChI is InChI=1S/C18H21N3O3/c22-13-7-5-12(6-8-13)21-10-15(18(24)20-11-3-4-11)16(23)14-2-1-9-19-17(14)21/h1-2,9-13,22H,3-8H2,(H,20,24). The number of aliphatic hydroxyl groups excluding tert-OH is 1. The number of nitrogens with one attached hydrogen (secondary N) is 1. The Morgan fingerprint density at radius 2 is 1.96 bits per heavy atom. The van der Waals surface area contributed by atoms with Gasteiger partial charge in [0.2, 0.25) is 5.43 Å². The van der Waals surface area contributed by atoms with Gasteiger partial charge in [-0.1, -0.05) is 0 Å². The van der Waals surface area contributed by atoms with Gasteiger partial charge in [0.15, 0.2) is 0 Å². The Morgan fingerprint density at radius 3 is 2.67 bits per heavy atom. The number of fused-ring (bicyclic) bond motifs is 1. The van der Waals surface area contributed by atoms with Gasteiger partial charge in [0, 0.05) is 24.5 Å². The lowest BCUT2D eigenvalue weighted by Gasteiger charge is -2.28. The van der Waals surface area contributed by atoms with Gasteiger partial charge >= 0.3 is 0 Å². The molecule has 2 aromatic rings. The minimum absolute atomic E-state index is 0.152. The van der Waals surface area contributed by atoms with Crippen molar-refractivity contribution in [3.05, 3.63) is 40.3 Å². The molecule has 0 spiro atoms. The zero-order chi connectivity index (χ0) is 16.7. The van der Waals surface area contributed by atoms with E-state index in [0.717, 1.165) is 38.5 Å². The minimum Gasteiger partial charge on any atom is -0.393 e. The van der Waals surface area contributed by atoms with Crippen LogP contribution >= 0.6 is 0 Å². The summed E-state index contributed by atoms with van der Waals surface area (Å²) in [4.78, 5) is 29.5. The number of rotatable bonds is 3. The van der Waals surface area contributed by atoms with Crippen LogP contribution in [-0.2, 0) is 0 Å². The average Bonchev–Trinajstić information content (AvgIpc) is 3.40. The second kappa shape index (κ2) is 6.02. The molecule has 0 unspecified atom stereocenters. The van der Waals surface area contributed by atoms with E-state index in [2.05, 4.69) is 10.3 Å². The van der Waals surface area contributed by atoms with Gasteiger partial charge in [-0.05, 0) is 50.7 Å². The Labute approximate surface area is 139 Å². The highest BCUT2D eigenvalue weighted by molar-refractivity contribution is 5.97. The number of pyridine rings is 2. The lowest BCUT2D eigenvalue weighted by Crippen LogP contribution is -2.32. The first-order valence-corrected chi connectivity index (χ1v) is 8.62. The molecule has 24 heavy (non-hydrogen) atoms. The number of aliphatic hydroxyl groups is 1. The van der Waals surface area contributed by atoms with Crippen LogP contribution in [-0.4, -0.2) is 32.7 Å². The number of carbonyl (C=O) groups is 1. The van der Waals surface area contributed by atoms with Crippen molar-refractivity contribution >= 4 is 16.9 Å². The summed E-state index contributed by atoms with van der Waals surface area (Å²) in [5, 5.41) is 13.1. The molecule has 0 saturated heterocycles. The number of hydrogen-bond donors (Lipinski definition) is 2. The molecule has 6 heteroatoms. The van der Waals surface area contributed by atoms with Crippen LogP contribution < -0.4 is 10.7 Å². The van der Waals surface area contributed by atoms with E-state index in [9.17, 15) is 14.7 Å². The first-order chi connectivity index (χ1) is 11.6. The molecule has 0 aliphatic heterocycles. The SMILES string of the molecule is O=C(NC1CC1)c1cn(C2CCC(O)CC2)c2ncccc2c1=O. The van der Waals surface area contributed by atoms with Crippen molar-refractivity contribution in [3.63, 3.8) is 0 Å². The zero-order valence-electron chi connectivity index (χ0n) is 13.4. The van der Waals surface area contributed by atoms with E-state index >= 15 is 0 Å². The Kier molecular flexibility index (Phi) is 3.84. The molecule has 6 nitrogen and oxygen atoms in total. The normalized spacial score (nSPS) is 24.0. The van der Waals surface area contributed by atoms with Crippen LogP contribution in [0.4, 0.5) is 0 Å². The van der Waals surface area contributed by atoms with Crippen LogP contribution in [0.15, 0.2) is 29.3 Å². The van der Waals surface area contributed by atoms with E-state index in [4.69, 9.17) is 0 Å². The second-order valence-corrected chi connectivity index (χ2v) is 6.86. The molecule has 2 aliphatic carbocycles. The topological polar surface area (TPSA) is 84.2 Å². The Morgan fingerprint density at radius 1 is 1.21 bits per heavy atom. The van der Waals surface area contributed by atoms with E-state index in [0.29, 0.717) is 11.0 Å². The molecular weight excluding hydrogens is 306 g/mol. The van der Waals surface area contributed by atoms with Crippen LogP contribution in [0, 0.1) is 0 Å². The molecule has 2 aromatic heterocycles. The molecular formula is C18H21N3O3. The fourth-order valence-corrected chi connectivity index (χ4v) is 3.45. The molecule has 0 radical (unpaired) electrons. The Bertz CT molecular complexity index is 833. The molecule has 1 amide bonds. The van der Waals surface area contributed by atoms with E-state index in [1.165, 1.54) is 0 Å². The van der Waals surface area contributed by atoms with Crippen molar-refractivity contribution in [1.82, 2.24) is 14.9 Å². The van der Waals surface area contributed by atoms with E-state index < -0.39 is 0 Å². The molecule has 0 bridgehead atoms. The van der Waals surface area contributed by atoms with Gasteiger partial charge in [0.1, 0.15) is 11.2 Å². The van der Waals surface area contributed by atoms with Gasteiger partial charge < -0.3 is 15.0 Å². The lowest BCUT2D eigenvalue weighted by atomic mass is 9.92. The monoisotopic (exact) mass is 327 g/mol. The summed E-state index contributed by atoms with van der Waals surface area (Å²) in [5.41, 5.74) is 0.545. The molecule has 0 atom stereocenters. The minimum atomic E-state index is -0.294. The van der Waals surface area contributed by atoms with E-state index in [1.807, 2.05) is 4.57 Å². The maximum absolute atomic E-state index is 12.7. The van der Waals surface area contributed by atoms with Crippen molar-refractivity contribution in [1.29, 1.82) is 0 Å². The highest BCUT2D eigenvalue weighted by Gasteiger charge is 2.27. The van der Waals surface area contributed by atoms with Gasteiger partial charge in [-0.2, -0.15) is 0 Å². The van der Waals surface area contributed by atoms with Crippen molar-refractivity contribution in [3.8, 4) is 0 Å². The second-order valence-electron chi connectivity index (χ2n) is 6.86. The first kappa shape index (κ1) is 15.3. The van der Waals surface area contributed by atoms with Gasteiger partial charge in [-0.25, -0.2) is 4.98 Å². The summed E-state index contributed by atoms with van der Waals surface area (Å²) in [6.45, 7) is 0. The Balaban J connectivity index is 1.80. The van der Waals surface area contributed by atoms with Crippen LogP contribution in [0.3, 0.4) is 0 Å². The Hall–Kier alpha value is -2.21. The molecule has 2 N–H and O–H groups in total. The number of hydrogen-bond acceptors (Lipinski definition) is 4. The van der Waals surface area contributed by atoms with Crippen molar-refractivity contribution < 1.29 is 9.90 Å². The molecule has 2 heterocycles. The van der Waals surface area contributed by atoms with Crippen LogP contribution in [0.25, 0.3) is 11.0 Å². The first-order valence-electron chi connectivity index (χ1n) is 8.62. The van der Waals surface area contributed by atoms with E-state index in [-0.39, 0.29) is 35.1 Å². The predicted molar refractivity (Wildman–Crippen MR) is 90.0 cm³/mol. The maximum Gasteiger partial charge on any atom is 0.256 e. The smallest absolute Gasteiger partial charge is 0.256 e. The van der Waals surface area contributed by atoms with Crippen molar-refractivity contribution in [2.24, 2.45) is 0 Å². The highest BCUT2D eigenvalue weighted by Crippen LogP contribution is 2.30. The average molecular weight is 327 g/mol. The third-order valence-corrected chi connectivity index (χ3v) is 5.01. The summed E-state index contributed by atoms with van der Waals surface area (Å²) in [6, 6.07) is 3.81. The van der Waals surface area contributed by atoms with Gasteiger partial charge in [-0.15, -0.1) is 0 Å². The molecule has 2 saturated carbocycles. The highest BCUT2D eigenvalue weighted by atomic mass is 16.3. The fraction of sp³-hybridized carbons (Fsp3) is 0.500. The molecule has 2 aliphatic rings. The third kappa shape index (κ3) is 2.82. The van der Waals surface area contributed by atoms with Crippen LogP contribution in [0.5, 0.6) is 0 Å².